The highest BCUT2D eigenvalue weighted by molar-refractivity contribution is 9.10. The highest BCUT2D eigenvalue weighted by Crippen LogP contribution is 2.45. The summed E-state index contributed by atoms with van der Waals surface area (Å²) in [6.45, 7) is 2.66. The van der Waals surface area contributed by atoms with Crippen molar-refractivity contribution >= 4 is 33.4 Å². The maximum atomic E-state index is 13.1. The average molecular weight is 477 g/mol. The molecule has 4 rings (SSSR count). The smallest absolute Gasteiger partial charge is 0.273 e. The molecule has 29 heavy (non-hydrogen) atoms. The number of carbonyl (C=O) groups is 1. The van der Waals surface area contributed by atoms with Gasteiger partial charge in [0.15, 0.2) is 0 Å². The first-order valence-electron chi connectivity index (χ1n) is 9.05. The molecule has 150 valence electrons. The van der Waals surface area contributed by atoms with Gasteiger partial charge in [0, 0.05) is 34.3 Å². The van der Waals surface area contributed by atoms with Gasteiger partial charge in [-0.05, 0) is 42.3 Å². The summed E-state index contributed by atoms with van der Waals surface area (Å²) in [6.07, 6.45) is 0. The van der Waals surface area contributed by atoms with Crippen LogP contribution in [0.2, 0.25) is 5.02 Å². The molecule has 0 spiro atoms. The number of ether oxygens (including phenoxy) is 1. The Morgan fingerprint density at radius 3 is 2.72 bits per heavy atom. The maximum Gasteiger partial charge on any atom is 0.273 e. The Morgan fingerprint density at radius 2 is 2.03 bits per heavy atom. The number of aromatic amines is 1. The van der Waals surface area contributed by atoms with Crippen molar-refractivity contribution < 1.29 is 14.6 Å². The second kappa shape index (κ2) is 7.82. The molecule has 1 aliphatic heterocycles. The lowest BCUT2D eigenvalue weighted by Gasteiger charge is -2.26. The summed E-state index contributed by atoms with van der Waals surface area (Å²) in [5.74, 6) is -0.0834. The van der Waals surface area contributed by atoms with Crippen molar-refractivity contribution in [2.24, 2.45) is 0 Å². The number of phenols is 1. The highest BCUT2D eigenvalue weighted by atomic mass is 79.9. The minimum atomic E-state index is -0.353. The number of halogens is 2. The fourth-order valence-electron chi connectivity index (χ4n) is 3.67. The molecule has 0 aliphatic carbocycles. The van der Waals surface area contributed by atoms with Gasteiger partial charge in [0.25, 0.3) is 5.91 Å². The molecule has 1 aromatic heterocycles. The standard InChI is InChI=1S/C21H19BrClN3O3/c1-11-9-16(27)14(10-15(11)23)18-17-19(25-24-18)21(28)26(7-8-29-2)20(17)12-3-5-13(22)6-4-12/h3-6,9-10,20,27H,7-8H2,1-2H3,(H,24,25). The van der Waals surface area contributed by atoms with Crippen LogP contribution < -0.4 is 0 Å². The second-order valence-corrected chi connectivity index (χ2v) is 8.25. The molecule has 1 amide bonds. The third kappa shape index (κ3) is 3.43. The number of aromatic hydroxyl groups is 1. The number of H-pyrrole nitrogens is 1. The van der Waals surface area contributed by atoms with Crippen molar-refractivity contribution in [3.8, 4) is 17.0 Å². The van der Waals surface area contributed by atoms with E-state index in [0.29, 0.717) is 35.1 Å². The number of fused-ring (bicyclic) bond motifs is 1. The van der Waals surface area contributed by atoms with Gasteiger partial charge in [-0.3, -0.25) is 9.89 Å². The molecule has 0 fully saturated rings. The summed E-state index contributed by atoms with van der Waals surface area (Å²) in [4.78, 5) is 14.9. The summed E-state index contributed by atoms with van der Waals surface area (Å²) in [5.41, 5.74) is 3.85. The summed E-state index contributed by atoms with van der Waals surface area (Å²) in [5, 5.41) is 18.3. The summed E-state index contributed by atoms with van der Waals surface area (Å²) in [7, 11) is 1.60. The Kier molecular flexibility index (Phi) is 5.38. The Hall–Kier alpha value is -2.35. The second-order valence-electron chi connectivity index (χ2n) is 6.92. The number of benzene rings is 2. The first-order valence-corrected chi connectivity index (χ1v) is 10.2. The third-order valence-corrected chi connectivity index (χ3v) is 6.05. The number of carbonyl (C=O) groups excluding carboxylic acids is 1. The van der Waals surface area contributed by atoms with Gasteiger partial charge in [0.05, 0.1) is 12.6 Å². The van der Waals surface area contributed by atoms with Crippen LogP contribution >= 0.6 is 27.5 Å². The molecule has 3 aromatic rings. The van der Waals surface area contributed by atoms with Crippen molar-refractivity contribution in [3.05, 3.63) is 68.3 Å². The fraction of sp³-hybridized carbons (Fsp3) is 0.238. The molecule has 0 bridgehead atoms. The van der Waals surface area contributed by atoms with Crippen LogP contribution in [0.5, 0.6) is 5.75 Å². The van der Waals surface area contributed by atoms with Gasteiger partial charge in [0.2, 0.25) is 0 Å². The third-order valence-electron chi connectivity index (χ3n) is 5.12. The normalized spacial score (nSPS) is 15.8. The van der Waals surface area contributed by atoms with Crippen LogP contribution in [0.3, 0.4) is 0 Å². The van der Waals surface area contributed by atoms with E-state index in [1.807, 2.05) is 31.2 Å². The Balaban J connectivity index is 1.89. The van der Waals surface area contributed by atoms with Gasteiger partial charge in [-0.15, -0.1) is 0 Å². The Morgan fingerprint density at radius 1 is 1.31 bits per heavy atom. The molecular formula is C21H19BrClN3O3. The zero-order valence-corrected chi connectivity index (χ0v) is 18.2. The van der Waals surface area contributed by atoms with Crippen LogP contribution in [0.4, 0.5) is 0 Å². The van der Waals surface area contributed by atoms with Crippen LogP contribution in [-0.4, -0.2) is 46.4 Å². The number of aromatic nitrogens is 2. The van der Waals surface area contributed by atoms with E-state index in [-0.39, 0.29) is 17.7 Å². The molecule has 2 aromatic carbocycles. The van der Waals surface area contributed by atoms with Gasteiger partial charge in [-0.2, -0.15) is 5.10 Å². The van der Waals surface area contributed by atoms with Crippen molar-refractivity contribution in [1.29, 1.82) is 0 Å². The first-order chi connectivity index (χ1) is 13.9. The lowest BCUT2D eigenvalue weighted by Crippen LogP contribution is -2.32. The monoisotopic (exact) mass is 475 g/mol. The Labute approximate surface area is 181 Å². The van der Waals surface area contributed by atoms with Crippen molar-refractivity contribution in [1.82, 2.24) is 15.1 Å². The molecule has 6 nitrogen and oxygen atoms in total. The molecule has 0 saturated heterocycles. The molecule has 1 aliphatic rings. The van der Waals surface area contributed by atoms with Crippen molar-refractivity contribution in [3.63, 3.8) is 0 Å². The van der Waals surface area contributed by atoms with Crippen LogP contribution in [0.1, 0.15) is 33.2 Å². The number of rotatable bonds is 5. The maximum absolute atomic E-state index is 13.1. The molecular weight excluding hydrogens is 458 g/mol. The number of nitrogens with zero attached hydrogens (tertiary/aromatic N) is 2. The van der Waals surface area contributed by atoms with Gasteiger partial charge >= 0.3 is 0 Å². The fourth-order valence-corrected chi connectivity index (χ4v) is 4.10. The molecule has 8 heteroatoms. The van der Waals surface area contributed by atoms with Crippen molar-refractivity contribution in [2.45, 2.75) is 13.0 Å². The highest BCUT2D eigenvalue weighted by Gasteiger charge is 2.42. The zero-order chi connectivity index (χ0) is 20.7. The Bertz CT molecular complexity index is 1080. The predicted molar refractivity (Wildman–Crippen MR) is 114 cm³/mol. The van der Waals surface area contributed by atoms with Crippen LogP contribution in [-0.2, 0) is 4.74 Å². The van der Waals surface area contributed by atoms with Crippen LogP contribution in [0, 0.1) is 6.92 Å². The van der Waals surface area contributed by atoms with E-state index in [1.54, 1.807) is 24.1 Å². The summed E-state index contributed by atoms with van der Waals surface area (Å²) in [6, 6.07) is 10.7. The first kappa shape index (κ1) is 19.9. The van der Waals surface area contributed by atoms with Crippen LogP contribution in [0.15, 0.2) is 40.9 Å². The van der Waals surface area contributed by atoms with Gasteiger partial charge < -0.3 is 14.7 Å². The SMILES string of the molecule is COCCN1C(=O)c2[nH]nc(-c3cc(Cl)c(C)cc3O)c2C1c1ccc(Br)cc1. The summed E-state index contributed by atoms with van der Waals surface area (Å²) >= 11 is 9.76. The quantitative estimate of drug-likeness (QED) is 0.559. The zero-order valence-electron chi connectivity index (χ0n) is 15.9. The van der Waals surface area contributed by atoms with E-state index in [9.17, 15) is 9.90 Å². The lowest BCUT2D eigenvalue weighted by atomic mass is 9.95. The number of phenolic OH excluding ortho intramolecular Hbond substituents is 1. The van der Waals surface area contributed by atoms with Gasteiger partial charge in [-0.1, -0.05) is 39.7 Å². The molecule has 1 unspecified atom stereocenters. The number of amides is 1. The minimum Gasteiger partial charge on any atom is -0.507 e. The largest absolute Gasteiger partial charge is 0.507 e. The molecule has 0 saturated carbocycles. The predicted octanol–water partition coefficient (Wildman–Crippen LogP) is 4.70. The number of hydrogen-bond donors (Lipinski definition) is 2. The van der Waals surface area contributed by atoms with E-state index >= 15 is 0 Å². The number of hydrogen-bond acceptors (Lipinski definition) is 4. The molecule has 0 radical (unpaired) electrons. The molecule has 1 atom stereocenters. The van der Waals surface area contributed by atoms with Gasteiger partial charge in [0.1, 0.15) is 17.1 Å². The van der Waals surface area contributed by atoms with Crippen molar-refractivity contribution in [2.75, 3.05) is 20.3 Å². The van der Waals surface area contributed by atoms with E-state index in [4.69, 9.17) is 16.3 Å². The molecule has 2 heterocycles. The van der Waals surface area contributed by atoms with Crippen LogP contribution in [0.25, 0.3) is 11.3 Å². The number of aryl methyl sites for hydroxylation is 1. The topological polar surface area (TPSA) is 78.5 Å². The van der Waals surface area contributed by atoms with E-state index in [0.717, 1.165) is 21.2 Å². The average Bonchev–Trinajstić information content (AvgIpc) is 3.23. The summed E-state index contributed by atoms with van der Waals surface area (Å²) < 4.78 is 6.16. The molecule has 2 N–H and O–H groups in total. The lowest BCUT2D eigenvalue weighted by molar-refractivity contribution is 0.0677. The van der Waals surface area contributed by atoms with E-state index < -0.39 is 0 Å². The minimum absolute atomic E-state index is 0.0681. The van der Waals surface area contributed by atoms with Gasteiger partial charge in [-0.25, -0.2) is 0 Å². The number of methoxy groups -OCH3 is 1. The van der Waals surface area contributed by atoms with E-state index in [2.05, 4.69) is 26.1 Å². The van der Waals surface area contributed by atoms with E-state index in [1.165, 1.54) is 0 Å². The number of nitrogens with one attached hydrogen (secondary N) is 1.